The average molecular weight is 462 g/mol. The first kappa shape index (κ1) is 20.8. The minimum Gasteiger partial charge on any atom is -0.356 e. The Balaban J connectivity index is 0.00000288. The summed E-state index contributed by atoms with van der Waals surface area (Å²) >= 11 is 1.76. The molecule has 7 heteroatoms. The van der Waals surface area contributed by atoms with Crippen molar-refractivity contribution in [2.24, 2.45) is 4.99 Å². The normalized spacial score (nSPS) is 11.1. The van der Waals surface area contributed by atoms with Gasteiger partial charge in [-0.25, -0.2) is 9.37 Å². The predicted molar refractivity (Wildman–Crippen MR) is 110 cm³/mol. The number of aliphatic imine (C=N–C) groups is 1. The highest BCUT2D eigenvalue weighted by molar-refractivity contribution is 14.0. The summed E-state index contributed by atoms with van der Waals surface area (Å²) in [6, 6.07) is 6.54. The Hall–Kier alpha value is -1.22. The van der Waals surface area contributed by atoms with E-state index in [1.807, 2.05) is 18.1 Å². The van der Waals surface area contributed by atoms with Crippen molar-refractivity contribution in [3.8, 4) is 0 Å². The molecule has 0 radical (unpaired) electrons. The zero-order chi connectivity index (χ0) is 16.7. The van der Waals surface area contributed by atoms with Crippen molar-refractivity contribution in [2.75, 3.05) is 20.6 Å². The second-order valence-corrected chi connectivity index (χ2v) is 6.48. The molecule has 1 heterocycles. The van der Waals surface area contributed by atoms with Gasteiger partial charge in [-0.1, -0.05) is 19.1 Å². The predicted octanol–water partition coefficient (Wildman–Crippen LogP) is 3.71. The summed E-state index contributed by atoms with van der Waals surface area (Å²) in [5.41, 5.74) is 1.05. The van der Waals surface area contributed by atoms with Crippen molar-refractivity contribution in [1.82, 2.24) is 15.2 Å². The summed E-state index contributed by atoms with van der Waals surface area (Å²) in [5.74, 6) is 0.607. The molecule has 0 amide bonds. The SMILES string of the molecule is CCc1cnc(CCNC(=NC)N(C)Cc2ccc(F)cc2)s1.I. The fraction of sp³-hybridized carbons (Fsp3) is 0.412. The first-order chi connectivity index (χ1) is 11.1. The lowest BCUT2D eigenvalue weighted by Crippen LogP contribution is -2.39. The molecule has 0 aliphatic carbocycles. The molecule has 0 saturated heterocycles. The molecule has 0 aliphatic rings. The highest BCUT2D eigenvalue weighted by Gasteiger charge is 2.07. The molecular formula is C17H24FIN4S. The average Bonchev–Trinajstić information content (AvgIpc) is 3.01. The summed E-state index contributed by atoms with van der Waals surface area (Å²) in [6.07, 6.45) is 3.87. The minimum atomic E-state index is -0.214. The van der Waals surface area contributed by atoms with E-state index in [1.54, 1.807) is 30.5 Å². The van der Waals surface area contributed by atoms with Crippen LogP contribution in [-0.4, -0.2) is 36.5 Å². The number of nitrogens with zero attached hydrogens (tertiary/aromatic N) is 3. The summed E-state index contributed by atoms with van der Waals surface area (Å²) in [4.78, 5) is 12.1. The Morgan fingerprint density at radius 3 is 2.62 bits per heavy atom. The Bertz CT molecular complexity index is 642. The van der Waals surface area contributed by atoms with Gasteiger partial charge in [-0.3, -0.25) is 4.99 Å². The fourth-order valence-corrected chi connectivity index (χ4v) is 3.09. The van der Waals surface area contributed by atoms with Gasteiger partial charge in [0.25, 0.3) is 0 Å². The molecule has 132 valence electrons. The van der Waals surface area contributed by atoms with Gasteiger partial charge in [-0.2, -0.15) is 0 Å². The van der Waals surface area contributed by atoms with Crippen molar-refractivity contribution in [2.45, 2.75) is 26.3 Å². The lowest BCUT2D eigenvalue weighted by atomic mass is 10.2. The highest BCUT2D eigenvalue weighted by Crippen LogP contribution is 2.13. The quantitative estimate of drug-likeness (QED) is 0.404. The van der Waals surface area contributed by atoms with E-state index in [2.05, 4.69) is 22.2 Å². The largest absolute Gasteiger partial charge is 0.356 e. The second kappa shape index (κ2) is 10.6. The van der Waals surface area contributed by atoms with Gasteiger partial charge in [0, 0.05) is 44.7 Å². The number of nitrogens with one attached hydrogen (secondary N) is 1. The maximum atomic E-state index is 12.9. The number of aryl methyl sites for hydroxylation is 1. The van der Waals surface area contributed by atoms with E-state index in [0.29, 0.717) is 6.54 Å². The van der Waals surface area contributed by atoms with Crippen LogP contribution in [0, 0.1) is 5.82 Å². The van der Waals surface area contributed by atoms with Gasteiger partial charge in [0.2, 0.25) is 0 Å². The smallest absolute Gasteiger partial charge is 0.193 e. The number of aromatic nitrogens is 1. The van der Waals surface area contributed by atoms with Crippen molar-refractivity contribution >= 4 is 41.3 Å². The Morgan fingerprint density at radius 1 is 1.33 bits per heavy atom. The van der Waals surface area contributed by atoms with Gasteiger partial charge >= 0.3 is 0 Å². The first-order valence-corrected chi connectivity index (χ1v) is 8.53. The van der Waals surface area contributed by atoms with E-state index in [0.717, 1.165) is 35.9 Å². The van der Waals surface area contributed by atoms with Crippen molar-refractivity contribution in [3.63, 3.8) is 0 Å². The number of thiazole rings is 1. The molecule has 1 aromatic carbocycles. The maximum Gasteiger partial charge on any atom is 0.193 e. The van der Waals surface area contributed by atoms with Crippen molar-refractivity contribution in [3.05, 3.63) is 51.7 Å². The van der Waals surface area contributed by atoms with Crippen LogP contribution >= 0.6 is 35.3 Å². The van der Waals surface area contributed by atoms with Crippen LogP contribution in [0.5, 0.6) is 0 Å². The highest BCUT2D eigenvalue weighted by atomic mass is 127. The van der Waals surface area contributed by atoms with Crippen LogP contribution in [0.4, 0.5) is 4.39 Å². The zero-order valence-electron chi connectivity index (χ0n) is 14.3. The molecule has 24 heavy (non-hydrogen) atoms. The summed E-state index contributed by atoms with van der Waals surface area (Å²) in [5, 5.41) is 4.49. The van der Waals surface area contributed by atoms with Crippen LogP contribution in [0.25, 0.3) is 0 Å². The Kier molecular flexibility index (Phi) is 9.20. The fourth-order valence-electron chi connectivity index (χ4n) is 2.23. The van der Waals surface area contributed by atoms with Crippen LogP contribution in [0.15, 0.2) is 35.5 Å². The first-order valence-electron chi connectivity index (χ1n) is 7.72. The lowest BCUT2D eigenvalue weighted by Gasteiger charge is -2.22. The Labute approximate surface area is 164 Å². The number of hydrogen-bond donors (Lipinski definition) is 1. The molecule has 0 atom stereocenters. The molecule has 2 aromatic rings. The molecule has 0 bridgehead atoms. The van der Waals surface area contributed by atoms with Crippen molar-refractivity contribution < 1.29 is 4.39 Å². The number of guanidine groups is 1. The number of hydrogen-bond acceptors (Lipinski definition) is 3. The van der Waals surface area contributed by atoms with Crippen LogP contribution in [0.1, 0.15) is 22.4 Å². The monoisotopic (exact) mass is 462 g/mol. The molecule has 0 unspecified atom stereocenters. The molecule has 1 aromatic heterocycles. The second-order valence-electron chi connectivity index (χ2n) is 5.28. The van der Waals surface area contributed by atoms with Gasteiger partial charge in [0.15, 0.2) is 5.96 Å². The van der Waals surface area contributed by atoms with Gasteiger partial charge in [0.1, 0.15) is 5.82 Å². The van der Waals surface area contributed by atoms with Gasteiger partial charge in [0.05, 0.1) is 5.01 Å². The maximum absolute atomic E-state index is 12.9. The minimum absolute atomic E-state index is 0. The van der Waals surface area contributed by atoms with Crippen LogP contribution in [-0.2, 0) is 19.4 Å². The lowest BCUT2D eigenvalue weighted by molar-refractivity contribution is 0.476. The summed E-state index contributed by atoms with van der Waals surface area (Å²) in [6.45, 7) is 3.61. The van der Waals surface area contributed by atoms with E-state index in [-0.39, 0.29) is 29.8 Å². The third-order valence-corrected chi connectivity index (χ3v) is 4.68. The number of benzene rings is 1. The van der Waals surface area contributed by atoms with Crippen LogP contribution < -0.4 is 5.32 Å². The molecule has 0 fully saturated rings. The van der Waals surface area contributed by atoms with E-state index >= 15 is 0 Å². The van der Waals surface area contributed by atoms with Crippen LogP contribution in [0.3, 0.4) is 0 Å². The third-order valence-electron chi connectivity index (χ3n) is 3.48. The van der Waals surface area contributed by atoms with Crippen molar-refractivity contribution in [1.29, 1.82) is 0 Å². The van der Waals surface area contributed by atoms with E-state index < -0.39 is 0 Å². The standard InChI is InChI=1S/C17H23FN4S.HI/c1-4-15-11-21-16(23-15)9-10-20-17(19-2)22(3)12-13-5-7-14(18)8-6-13;/h5-8,11H,4,9-10,12H2,1-3H3,(H,19,20);1H. The van der Waals surface area contributed by atoms with E-state index in [9.17, 15) is 4.39 Å². The Morgan fingerprint density at radius 2 is 2.04 bits per heavy atom. The van der Waals surface area contributed by atoms with Gasteiger partial charge in [-0.15, -0.1) is 35.3 Å². The van der Waals surface area contributed by atoms with E-state index in [1.165, 1.54) is 17.0 Å². The zero-order valence-corrected chi connectivity index (χ0v) is 17.4. The molecule has 2 rings (SSSR count). The summed E-state index contributed by atoms with van der Waals surface area (Å²) in [7, 11) is 3.74. The van der Waals surface area contributed by atoms with Crippen LogP contribution in [0.2, 0.25) is 0 Å². The topological polar surface area (TPSA) is 40.5 Å². The number of rotatable bonds is 6. The molecular weight excluding hydrogens is 438 g/mol. The molecule has 1 N–H and O–H groups in total. The molecule has 0 aliphatic heterocycles. The third kappa shape index (κ3) is 6.35. The van der Waals surface area contributed by atoms with E-state index in [4.69, 9.17) is 0 Å². The molecule has 0 saturated carbocycles. The summed E-state index contributed by atoms with van der Waals surface area (Å²) < 4.78 is 12.9. The van der Waals surface area contributed by atoms with Gasteiger partial charge in [-0.05, 0) is 24.1 Å². The number of halogens is 2. The molecule has 0 spiro atoms. The van der Waals surface area contributed by atoms with Gasteiger partial charge < -0.3 is 10.2 Å². The molecule has 4 nitrogen and oxygen atoms in total.